The van der Waals surface area contributed by atoms with Crippen LogP contribution in [0.25, 0.3) is 0 Å². The summed E-state index contributed by atoms with van der Waals surface area (Å²) in [7, 11) is 0. The average Bonchev–Trinajstić information content (AvgIpc) is 3.02. The van der Waals surface area contributed by atoms with Gasteiger partial charge in [0.05, 0.1) is 0 Å². The van der Waals surface area contributed by atoms with Gasteiger partial charge in [-0.15, -0.1) is 0 Å². The lowest BCUT2D eigenvalue weighted by Crippen LogP contribution is -2.25. The minimum Gasteiger partial charge on any atom is -0.349 e. The second-order valence-corrected chi connectivity index (χ2v) is 4.14. The maximum Gasteiger partial charge on any atom is 0.251 e. The third-order valence-electron chi connectivity index (χ3n) is 2.28. The number of amides is 1. The number of carbonyl (C=O) groups is 1. The van der Waals surface area contributed by atoms with Gasteiger partial charge in [0.25, 0.3) is 5.91 Å². The molecule has 0 heterocycles. The number of alkyl halides is 1. The van der Waals surface area contributed by atoms with E-state index >= 15 is 0 Å². The van der Waals surface area contributed by atoms with Crippen molar-refractivity contribution in [2.45, 2.75) is 24.2 Å². The topological polar surface area (TPSA) is 29.1 Å². The first-order valence-corrected chi connectivity index (χ1v) is 5.87. The molecule has 1 fully saturated rings. The Bertz CT molecular complexity index is 330. The summed E-state index contributed by atoms with van der Waals surface area (Å²) in [6, 6.07) is 8.11. The van der Waals surface area contributed by atoms with Gasteiger partial charge >= 0.3 is 0 Å². The van der Waals surface area contributed by atoms with Crippen LogP contribution >= 0.6 is 15.9 Å². The molecule has 3 heteroatoms. The molecule has 1 saturated carbocycles. The second-order valence-electron chi connectivity index (χ2n) is 3.58. The highest BCUT2D eigenvalue weighted by molar-refractivity contribution is 9.08. The van der Waals surface area contributed by atoms with E-state index in [1.54, 1.807) is 0 Å². The number of benzene rings is 1. The van der Waals surface area contributed by atoms with Gasteiger partial charge in [-0.25, -0.2) is 0 Å². The Balaban J connectivity index is 2.03. The molecule has 1 N–H and O–H groups in total. The molecule has 14 heavy (non-hydrogen) atoms. The van der Waals surface area contributed by atoms with Crippen LogP contribution in [0.3, 0.4) is 0 Å². The van der Waals surface area contributed by atoms with Crippen molar-refractivity contribution in [3.8, 4) is 0 Å². The van der Waals surface area contributed by atoms with Gasteiger partial charge in [-0.05, 0) is 30.5 Å². The van der Waals surface area contributed by atoms with E-state index in [-0.39, 0.29) is 5.91 Å². The SMILES string of the molecule is O=C(NC1CC1)c1ccc(CBr)cc1. The molecule has 74 valence electrons. The van der Waals surface area contributed by atoms with Crippen molar-refractivity contribution in [1.82, 2.24) is 5.32 Å². The predicted molar refractivity (Wildman–Crippen MR) is 59.6 cm³/mol. The van der Waals surface area contributed by atoms with E-state index in [1.807, 2.05) is 24.3 Å². The van der Waals surface area contributed by atoms with E-state index in [2.05, 4.69) is 21.2 Å². The van der Waals surface area contributed by atoms with Crippen molar-refractivity contribution in [3.05, 3.63) is 35.4 Å². The van der Waals surface area contributed by atoms with Crippen LogP contribution in [0.4, 0.5) is 0 Å². The number of rotatable bonds is 3. The zero-order valence-electron chi connectivity index (χ0n) is 7.79. The van der Waals surface area contributed by atoms with Crippen molar-refractivity contribution in [2.75, 3.05) is 0 Å². The zero-order valence-corrected chi connectivity index (χ0v) is 9.38. The Kier molecular flexibility index (Phi) is 2.87. The third-order valence-corrected chi connectivity index (χ3v) is 2.93. The fraction of sp³-hybridized carbons (Fsp3) is 0.364. The molecule has 0 radical (unpaired) electrons. The molecule has 0 spiro atoms. The lowest BCUT2D eigenvalue weighted by molar-refractivity contribution is 0.0951. The lowest BCUT2D eigenvalue weighted by atomic mass is 10.1. The van der Waals surface area contributed by atoms with E-state index in [0.29, 0.717) is 6.04 Å². The van der Waals surface area contributed by atoms with Gasteiger partial charge in [-0.3, -0.25) is 4.79 Å². The van der Waals surface area contributed by atoms with Crippen LogP contribution < -0.4 is 5.32 Å². The quantitative estimate of drug-likeness (QED) is 0.825. The molecule has 2 nitrogen and oxygen atoms in total. The Hall–Kier alpha value is -0.830. The summed E-state index contributed by atoms with van der Waals surface area (Å²) in [5.41, 5.74) is 1.94. The summed E-state index contributed by atoms with van der Waals surface area (Å²) in [5, 5.41) is 3.79. The van der Waals surface area contributed by atoms with Crippen molar-refractivity contribution < 1.29 is 4.79 Å². The summed E-state index contributed by atoms with van der Waals surface area (Å²) in [4.78, 5) is 11.6. The Morgan fingerprint density at radius 3 is 2.50 bits per heavy atom. The fourth-order valence-electron chi connectivity index (χ4n) is 1.24. The summed E-state index contributed by atoms with van der Waals surface area (Å²) in [6.45, 7) is 0. The molecule has 1 aliphatic carbocycles. The number of hydrogen-bond acceptors (Lipinski definition) is 1. The maximum atomic E-state index is 11.6. The first kappa shape index (κ1) is 9.71. The van der Waals surface area contributed by atoms with Crippen LogP contribution in [0.5, 0.6) is 0 Å². The normalized spacial score (nSPS) is 15.2. The van der Waals surface area contributed by atoms with Crippen molar-refractivity contribution >= 4 is 21.8 Å². The second kappa shape index (κ2) is 4.13. The van der Waals surface area contributed by atoms with Gasteiger partial charge in [0.1, 0.15) is 0 Å². The first-order valence-electron chi connectivity index (χ1n) is 4.75. The van der Waals surface area contributed by atoms with Crippen LogP contribution in [0.2, 0.25) is 0 Å². The number of nitrogens with one attached hydrogen (secondary N) is 1. The summed E-state index contributed by atoms with van der Waals surface area (Å²) in [5.74, 6) is 0.0497. The van der Waals surface area contributed by atoms with E-state index < -0.39 is 0 Å². The molecule has 0 aromatic heterocycles. The summed E-state index contributed by atoms with van der Waals surface area (Å²) < 4.78 is 0. The smallest absolute Gasteiger partial charge is 0.251 e. The molecule has 1 aliphatic rings. The van der Waals surface area contributed by atoms with Gasteiger partial charge in [0.2, 0.25) is 0 Å². The molecule has 0 aliphatic heterocycles. The van der Waals surface area contributed by atoms with Gasteiger partial charge in [-0.2, -0.15) is 0 Å². The standard InChI is InChI=1S/C11H12BrNO/c12-7-8-1-3-9(4-2-8)11(14)13-10-5-6-10/h1-4,10H,5-7H2,(H,13,14). The monoisotopic (exact) mass is 253 g/mol. The van der Waals surface area contributed by atoms with Gasteiger partial charge < -0.3 is 5.32 Å². The predicted octanol–water partition coefficient (Wildman–Crippen LogP) is 2.47. The van der Waals surface area contributed by atoms with Crippen LogP contribution in [0.1, 0.15) is 28.8 Å². The highest BCUT2D eigenvalue weighted by atomic mass is 79.9. The number of hydrogen-bond donors (Lipinski definition) is 1. The van der Waals surface area contributed by atoms with E-state index in [0.717, 1.165) is 23.7 Å². The lowest BCUT2D eigenvalue weighted by Gasteiger charge is -2.03. The highest BCUT2D eigenvalue weighted by Gasteiger charge is 2.23. The van der Waals surface area contributed by atoms with E-state index in [1.165, 1.54) is 5.56 Å². The molecule has 0 unspecified atom stereocenters. The summed E-state index contributed by atoms with van der Waals surface area (Å²) >= 11 is 3.37. The van der Waals surface area contributed by atoms with Crippen molar-refractivity contribution in [2.24, 2.45) is 0 Å². The van der Waals surface area contributed by atoms with E-state index in [4.69, 9.17) is 0 Å². The minimum absolute atomic E-state index is 0.0497. The third kappa shape index (κ3) is 2.35. The molecular formula is C11H12BrNO. The molecule has 0 saturated heterocycles. The number of carbonyl (C=O) groups excluding carboxylic acids is 1. The first-order chi connectivity index (χ1) is 6.79. The van der Waals surface area contributed by atoms with Crippen LogP contribution in [0, 0.1) is 0 Å². The maximum absolute atomic E-state index is 11.6. The molecule has 1 aromatic rings. The fourth-order valence-corrected chi connectivity index (χ4v) is 1.62. The van der Waals surface area contributed by atoms with Crippen LogP contribution in [-0.2, 0) is 5.33 Å². The molecule has 0 bridgehead atoms. The molecule has 0 atom stereocenters. The van der Waals surface area contributed by atoms with Gasteiger partial charge in [0, 0.05) is 16.9 Å². The average molecular weight is 254 g/mol. The molecule has 1 aromatic carbocycles. The van der Waals surface area contributed by atoms with Crippen molar-refractivity contribution in [1.29, 1.82) is 0 Å². The zero-order chi connectivity index (χ0) is 9.97. The minimum atomic E-state index is 0.0497. The molecule has 1 amide bonds. The Morgan fingerprint density at radius 2 is 2.00 bits per heavy atom. The van der Waals surface area contributed by atoms with Gasteiger partial charge in [-0.1, -0.05) is 28.1 Å². The van der Waals surface area contributed by atoms with Crippen LogP contribution in [0.15, 0.2) is 24.3 Å². The van der Waals surface area contributed by atoms with Gasteiger partial charge in [0.15, 0.2) is 0 Å². The summed E-state index contributed by atoms with van der Waals surface area (Å²) in [6.07, 6.45) is 2.26. The van der Waals surface area contributed by atoms with E-state index in [9.17, 15) is 4.79 Å². The van der Waals surface area contributed by atoms with Crippen LogP contribution in [-0.4, -0.2) is 11.9 Å². The Labute approximate surface area is 91.8 Å². The Morgan fingerprint density at radius 1 is 1.36 bits per heavy atom. The molecule has 2 rings (SSSR count). The molecular weight excluding hydrogens is 242 g/mol. The van der Waals surface area contributed by atoms with Crippen molar-refractivity contribution in [3.63, 3.8) is 0 Å². The largest absolute Gasteiger partial charge is 0.349 e. The number of halogens is 1. The highest BCUT2D eigenvalue weighted by Crippen LogP contribution is 2.19.